The summed E-state index contributed by atoms with van der Waals surface area (Å²) in [6.45, 7) is 8.99. The summed E-state index contributed by atoms with van der Waals surface area (Å²) < 4.78 is 0. The minimum Gasteiger partial charge on any atom is -0.348 e. The number of hydrogen-bond acceptors (Lipinski definition) is 16. The lowest BCUT2D eigenvalue weighted by Crippen LogP contribution is -2.67. The normalized spacial score (nSPS) is 14.7. The minimum atomic E-state index is -1.92. The van der Waals surface area contributed by atoms with Crippen LogP contribution in [0, 0.1) is 0 Å². The topological polar surface area (TPSA) is 347 Å². The van der Waals surface area contributed by atoms with Crippen molar-refractivity contribution in [3.63, 3.8) is 0 Å². The number of hydrogen-bond donors (Lipinski definition) is 13. The molecule has 0 saturated heterocycles. The SMILES string of the molecule is CCCCCCCCC=CCCCCCCCC(=O)C(C)(NC(=O)CCN(CCC(=O)NC(C)(NC(=O)[C@H](Cc1cnc[nH]1)NC(=O)[C@@H](N)CS)C(=O)CCCCCCCC=CCCCCCCCC)C(C)N)NC(=O)[C@H](Cc1cnc[nH]1)NC(=O)[C@@H](N)CS. The van der Waals surface area contributed by atoms with E-state index in [-0.39, 0.29) is 63.1 Å². The quantitative estimate of drug-likeness (QED) is 0.0130. The molecule has 0 aliphatic carbocycles. The van der Waals surface area contributed by atoms with Gasteiger partial charge in [0, 0.05) is 86.9 Å². The van der Waals surface area contributed by atoms with Gasteiger partial charge >= 0.3 is 0 Å². The third kappa shape index (κ3) is 35.4. The molecule has 2 rings (SSSR count). The summed E-state index contributed by atoms with van der Waals surface area (Å²) in [7, 11) is 0. The van der Waals surface area contributed by atoms with Crippen LogP contribution in [-0.2, 0) is 51.2 Å². The Morgan fingerprint density at radius 2 is 0.811 bits per heavy atom. The van der Waals surface area contributed by atoms with Crippen LogP contribution in [0.3, 0.4) is 0 Å². The summed E-state index contributed by atoms with van der Waals surface area (Å²) in [4.78, 5) is 127. The average Bonchev–Trinajstić information content (AvgIpc) is 3.47. The number of allylic oxidation sites excluding steroid dienone is 4. The molecule has 0 spiro atoms. The van der Waals surface area contributed by atoms with Gasteiger partial charge in [0.15, 0.2) is 22.9 Å². The summed E-state index contributed by atoms with van der Waals surface area (Å²) in [5, 5.41) is 16.4. The number of rotatable bonds is 55. The molecule has 2 aromatic rings. The summed E-state index contributed by atoms with van der Waals surface area (Å²) in [6, 6.07) is -4.51. The third-order valence-corrected chi connectivity index (χ3v) is 16.9. The summed E-state index contributed by atoms with van der Waals surface area (Å²) in [6.07, 6.45) is 41.7. The number of nitrogens with one attached hydrogen (secondary N) is 8. The number of imidazole rings is 2. The Labute approximate surface area is 549 Å². The summed E-state index contributed by atoms with van der Waals surface area (Å²) in [5.74, 6) is -4.87. The Kier molecular flexibility index (Phi) is 43.4. The number of Topliss-reactive ketones (excluding diaryl/α,β-unsaturated/α-hetero) is 2. The maximum absolute atomic E-state index is 14.3. The smallest absolute Gasteiger partial charge is 0.245 e. The number of aromatic amines is 2. The molecule has 0 saturated carbocycles. The van der Waals surface area contributed by atoms with Crippen LogP contribution in [0.2, 0.25) is 0 Å². The van der Waals surface area contributed by atoms with E-state index in [1.807, 2.05) is 0 Å². The number of amides is 6. The highest BCUT2D eigenvalue weighted by Gasteiger charge is 2.40. The Balaban J connectivity index is 2.22. The van der Waals surface area contributed by atoms with Gasteiger partial charge in [-0.15, -0.1) is 0 Å². The molecule has 90 heavy (non-hydrogen) atoms. The number of carbonyl (C=O) groups is 8. The van der Waals surface area contributed by atoms with Crippen LogP contribution in [0.4, 0.5) is 0 Å². The molecule has 2 aromatic heterocycles. The van der Waals surface area contributed by atoms with Crippen LogP contribution in [-0.4, -0.2) is 138 Å². The van der Waals surface area contributed by atoms with Crippen molar-refractivity contribution in [2.45, 2.75) is 282 Å². The highest BCUT2D eigenvalue weighted by molar-refractivity contribution is 7.80. The second-order valence-electron chi connectivity index (χ2n) is 24.4. The predicted molar refractivity (Wildman–Crippen MR) is 365 cm³/mol. The van der Waals surface area contributed by atoms with E-state index in [0.29, 0.717) is 24.2 Å². The van der Waals surface area contributed by atoms with Crippen LogP contribution >= 0.6 is 25.3 Å². The van der Waals surface area contributed by atoms with Gasteiger partial charge in [-0.25, -0.2) is 9.97 Å². The lowest BCUT2D eigenvalue weighted by molar-refractivity contribution is -0.138. The van der Waals surface area contributed by atoms with E-state index in [4.69, 9.17) is 17.2 Å². The molecule has 7 atom stereocenters. The maximum Gasteiger partial charge on any atom is 0.245 e. The van der Waals surface area contributed by atoms with Gasteiger partial charge in [0.05, 0.1) is 30.9 Å². The average molecular weight is 1300 g/mol. The van der Waals surface area contributed by atoms with Crippen molar-refractivity contribution in [1.29, 1.82) is 0 Å². The molecule has 14 N–H and O–H groups in total. The zero-order chi connectivity index (χ0) is 66.4. The van der Waals surface area contributed by atoms with E-state index in [1.54, 1.807) is 11.8 Å². The number of carbonyl (C=O) groups excluding carboxylic acids is 8. The number of ketones is 2. The zero-order valence-electron chi connectivity index (χ0n) is 55.2. The van der Waals surface area contributed by atoms with E-state index < -0.39 is 88.7 Å². The summed E-state index contributed by atoms with van der Waals surface area (Å²) in [5.41, 5.74) is 15.6. The lowest BCUT2D eigenvalue weighted by atomic mass is 9.98. The van der Waals surface area contributed by atoms with E-state index in [0.717, 1.165) is 77.0 Å². The predicted octanol–water partition coefficient (Wildman–Crippen LogP) is 7.90. The monoisotopic (exact) mass is 1300 g/mol. The molecule has 0 aliphatic heterocycles. The van der Waals surface area contributed by atoms with Crippen LogP contribution in [0.25, 0.3) is 0 Å². The fourth-order valence-electron chi connectivity index (χ4n) is 10.3. The van der Waals surface area contributed by atoms with Gasteiger partial charge in [0.2, 0.25) is 35.4 Å². The fraction of sp³-hybridized carbons (Fsp3) is 0.727. The molecule has 0 fully saturated rings. The van der Waals surface area contributed by atoms with Crippen molar-refractivity contribution in [3.8, 4) is 0 Å². The number of H-pyrrole nitrogens is 2. The van der Waals surface area contributed by atoms with E-state index in [2.05, 4.69) is 115 Å². The van der Waals surface area contributed by atoms with Gasteiger partial charge in [-0.2, -0.15) is 25.3 Å². The van der Waals surface area contributed by atoms with Gasteiger partial charge in [0.1, 0.15) is 12.1 Å². The number of unbranched alkanes of at least 4 members (excludes halogenated alkanes) is 22. The van der Waals surface area contributed by atoms with Crippen molar-refractivity contribution in [2.75, 3.05) is 24.6 Å². The van der Waals surface area contributed by atoms with Crippen molar-refractivity contribution in [3.05, 3.63) is 60.7 Å². The Morgan fingerprint density at radius 3 is 1.11 bits per heavy atom. The molecule has 0 radical (unpaired) electrons. The highest BCUT2D eigenvalue weighted by Crippen LogP contribution is 2.18. The molecule has 22 nitrogen and oxygen atoms in total. The molecule has 0 aliphatic rings. The molecule has 6 amide bonds. The standard InChI is InChI=1S/C66H116N14O8S2/c1-6-8-10-12-14-16-18-20-22-24-26-28-30-32-34-36-57(81)65(4,78-63(87)55(42-51-44-70-48-72-51)74-61(85)53(68)46-89)76-59(83)38-40-80(50(3)67)41-39-60(84)77-66(5,79-64(88)56(43-52-45-71-49-73-52)75-62(86)54(69)47-90)58(82)37-35-33-31-29-27-25-23-21-19-17-15-13-11-9-7-2/h20-23,44-45,48-50,53-56,89-90H,6-19,24-43,46-47,67-69H2,1-5H3,(H,70,72)(H,71,73)(H,74,85)(H,75,86)(H,76,83)(H,77,84)(H,78,87)(H,79,88)/t50?,53-,54-,55-,56-,65?,66?/m0/s1. The molecule has 3 unspecified atom stereocenters. The van der Waals surface area contributed by atoms with Crippen molar-refractivity contribution in [2.24, 2.45) is 17.2 Å². The molecule has 2 heterocycles. The number of nitrogens with zero attached hydrogens (tertiary/aromatic N) is 3. The number of thiol groups is 2. The van der Waals surface area contributed by atoms with Crippen LogP contribution < -0.4 is 49.1 Å². The lowest BCUT2D eigenvalue weighted by Gasteiger charge is -2.34. The van der Waals surface area contributed by atoms with Gasteiger partial charge < -0.3 is 59.1 Å². The van der Waals surface area contributed by atoms with Crippen molar-refractivity contribution >= 4 is 72.3 Å². The number of nitrogens with two attached hydrogens (primary N) is 3. The highest BCUT2D eigenvalue weighted by atomic mass is 32.1. The first-order valence-corrected chi connectivity index (χ1v) is 34.9. The van der Waals surface area contributed by atoms with Crippen molar-refractivity contribution < 1.29 is 38.4 Å². The van der Waals surface area contributed by atoms with E-state index >= 15 is 0 Å². The van der Waals surface area contributed by atoms with E-state index in [1.165, 1.54) is 116 Å². The number of aromatic nitrogens is 4. The Hall–Kier alpha value is -5.40. The van der Waals surface area contributed by atoms with Gasteiger partial charge in [-0.3, -0.25) is 43.3 Å². The first-order chi connectivity index (χ1) is 43.2. The fourth-order valence-corrected chi connectivity index (χ4v) is 10.6. The van der Waals surface area contributed by atoms with Gasteiger partial charge in [0.25, 0.3) is 0 Å². The van der Waals surface area contributed by atoms with E-state index in [9.17, 15) is 38.4 Å². The van der Waals surface area contributed by atoms with Crippen LogP contribution in [0.5, 0.6) is 0 Å². The minimum absolute atomic E-state index is 0.00891. The maximum atomic E-state index is 14.3. The van der Waals surface area contributed by atoms with Crippen LogP contribution in [0.1, 0.15) is 239 Å². The van der Waals surface area contributed by atoms with Gasteiger partial charge in [-0.1, -0.05) is 141 Å². The molecule has 0 bridgehead atoms. The largest absolute Gasteiger partial charge is 0.348 e. The first-order valence-electron chi connectivity index (χ1n) is 33.6. The first kappa shape index (κ1) is 80.7. The van der Waals surface area contributed by atoms with Crippen LogP contribution in [0.15, 0.2) is 49.4 Å². The Morgan fingerprint density at radius 1 is 0.489 bits per heavy atom. The molecule has 510 valence electrons. The third-order valence-electron chi connectivity index (χ3n) is 16.1. The molecular formula is C66H116N14O8S2. The Bertz CT molecular complexity index is 2240. The summed E-state index contributed by atoms with van der Waals surface area (Å²) >= 11 is 8.28. The van der Waals surface area contributed by atoms with Gasteiger partial charge in [-0.05, 0) is 85.0 Å². The second kappa shape index (κ2) is 48.4. The second-order valence-corrected chi connectivity index (χ2v) is 25.1. The zero-order valence-corrected chi connectivity index (χ0v) is 57.0. The van der Waals surface area contributed by atoms with Crippen molar-refractivity contribution in [1.82, 2.24) is 56.7 Å². The molecule has 24 heteroatoms. The molecule has 0 aromatic carbocycles. The molecular weight excluding hydrogens is 1180 g/mol.